The van der Waals surface area contributed by atoms with Gasteiger partial charge in [-0.15, -0.1) is 13.2 Å². The van der Waals surface area contributed by atoms with E-state index in [1.807, 2.05) is 12.2 Å². The van der Waals surface area contributed by atoms with Gasteiger partial charge in [0.2, 0.25) is 0 Å². The van der Waals surface area contributed by atoms with Crippen molar-refractivity contribution in [2.24, 2.45) is 11.8 Å². The van der Waals surface area contributed by atoms with Crippen molar-refractivity contribution in [3.63, 3.8) is 0 Å². The molecule has 1 heteroatoms. The van der Waals surface area contributed by atoms with Gasteiger partial charge in [-0.1, -0.05) is 24.3 Å². The van der Waals surface area contributed by atoms with Crippen LogP contribution in [0.25, 0.3) is 0 Å². The largest absolute Gasteiger partial charge is 0.365 e. The van der Waals surface area contributed by atoms with Crippen molar-refractivity contribution in [3.05, 3.63) is 37.5 Å². The van der Waals surface area contributed by atoms with Gasteiger partial charge in [-0.25, -0.2) is 0 Å². The Bertz CT molecular complexity index is 229. The van der Waals surface area contributed by atoms with Gasteiger partial charge in [-0.3, -0.25) is 0 Å². The first-order valence-corrected chi connectivity index (χ1v) is 4.44. The van der Waals surface area contributed by atoms with Crippen molar-refractivity contribution < 1.29 is 4.74 Å². The van der Waals surface area contributed by atoms with Crippen molar-refractivity contribution in [3.8, 4) is 0 Å². The molecule has 1 saturated heterocycles. The third-order valence-electron chi connectivity index (χ3n) is 2.74. The lowest BCUT2D eigenvalue weighted by molar-refractivity contribution is 0.324. The first kappa shape index (κ1) is 7.81. The summed E-state index contributed by atoms with van der Waals surface area (Å²) >= 11 is 0. The van der Waals surface area contributed by atoms with Crippen LogP contribution in [0.3, 0.4) is 0 Å². The number of ether oxygens (including phenoxy) is 1. The number of epoxide rings is 1. The van der Waals surface area contributed by atoms with Crippen LogP contribution in [-0.4, -0.2) is 12.2 Å². The molecular weight excluding hydrogens is 148 g/mol. The van der Waals surface area contributed by atoms with Gasteiger partial charge in [-0.05, 0) is 12.3 Å². The Kier molecular flexibility index (Phi) is 1.89. The first-order chi connectivity index (χ1) is 5.86. The summed E-state index contributed by atoms with van der Waals surface area (Å²) < 4.78 is 5.47. The van der Waals surface area contributed by atoms with Crippen LogP contribution < -0.4 is 0 Å². The van der Waals surface area contributed by atoms with E-state index in [0.717, 1.165) is 6.42 Å². The molecule has 0 radical (unpaired) electrons. The third-order valence-corrected chi connectivity index (χ3v) is 2.74. The highest BCUT2D eigenvalue weighted by molar-refractivity contribution is 5.15. The summed E-state index contributed by atoms with van der Waals surface area (Å²) in [5.41, 5.74) is 0. The Morgan fingerprint density at radius 1 is 1.33 bits per heavy atom. The van der Waals surface area contributed by atoms with Crippen molar-refractivity contribution in [2.45, 2.75) is 18.6 Å². The van der Waals surface area contributed by atoms with E-state index in [4.69, 9.17) is 4.74 Å². The minimum Gasteiger partial charge on any atom is -0.365 e. The molecule has 1 nitrogen and oxygen atoms in total. The van der Waals surface area contributed by atoms with Gasteiger partial charge in [0.15, 0.2) is 0 Å². The molecule has 0 spiro atoms. The monoisotopic (exact) mass is 162 g/mol. The predicted molar refractivity (Wildman–Crippen MR) is 49.8 cm³/mol. The van der Waals surface area contributed by atoms with Gasteiger partial charge < -0.3 is 4.74 Å². The van der Waals surface area contributed by atoms with Gasteiger partial charge in [0.1, 0.15) is 6.10 Å². The normalized spacial score (nSPS) is 44.3. The molecular formula is C11H14O. The zero-order valence-electron chi connectivity index (χ0n) is 7.15. The molecule has 0 amide bonds. The number of rotatable bonds is 3. The number of hydrogen-bond donors (Lipinski definition) is 0. The molecule has 1 fully saturated rings. The second-order valence-corrected chi connectivity index (χ2v) is 3.44. The van der Waals surface area contributed by atoms with Crippen LogP contribution in [0.1, 0.15) is 6.42 Å². The van der Waals surface area contributed by atoms with Crippen LogP contribution in [0.2, 0.25) is 0 Å². The molecule has 2 aliphatic rings. The molecule has 64 valence electrons. The number of allylic oxidation sites excluding steroid dienone is 2. The maximum Gasteiger partial charge on any atom is 0.103 e. The van der Waals surface area contributed by atoms with E-state index in [2.05, 4.69) is 25.3 Å². The maximum absolute atomic E-state index is 5.47. The lowest BCUT2D eigenvalue weighted by Crippen LogP contribution is -2.13. The SMILES string of the molecule is C=CC1OC1[C@@H]1C=CC[C@@H]1C=C. The zero-order valence-corrected chi connectivity index (χ0v) is 7.15. The average Bonchev–Trinajstić information content (AvgIpc) is 2.74. The van der Waals surface area contributed by atoms with Crippen LogP contribution in [0.15, 0.2) is 37.5 Å². The van der Waals surface area contributed by atoms with Crippen molar-refractivity contribution in [1.82, 2.24) is 0 Å². The Balaban J connectivity index is 1.99. The lowest BCUT2D eigenvalue weighted by Gasteiger charge is -2.11. The molecule has 0 bridgehead atoms. The Morgan fingerprint density at radius 3 is 2.75 bits per heavy atom. The van der Waals surface area contributed by atoms with Gasteiger partial charge >= 0.3 is 0 Å². The van der Waals surface area contributed by atoms with Crippen LogP contribution in [0.5, 0.6) is 0 Å². The smallest absolute Gasteiger partial charge is 0.103 e. The van der Waals surface area contributed by atoms with Gasteiger partial charge in [0.25, 0.3) is 0 Å². The molecule has 0 aromatic heterocycles. The van der Waals surface area contributed by atoms with Crippen LogP contribution in [0.4, 0.5) is 0 Å². The summed E-state index contributed by atoms with van der Waals surface area (Å²) in [5, 5.41) is 0. The second-order valence-electron chi connectivity index (χ2n) is 3.44. The molecule has 1 aliphatic heterocycles. The topological polar surface area (TPSA) is 12.5 Å². The molecule has 0 saturated carbocycles. The van der Waals surface area contributed by atoms with Crippen LogP contribution >= 0.6 is 0 Å². The fraction of sp³-hybridized carbons (Fsp3) is 0.455. The van der Waals surface area contributed by atoms with Gasteiger partial charge in [-0.2, -0.15) is 0 Å². The Labute approximate surface area is 73.4 Å². The summed E-state index contributed by atoms with van der Waals surface area (Å²) in [6, 6.07) is 0. The molecule has 0 aromatic carbocycles. The molecule has 1 heterocycles. The zero-order chi connectivity index (χ0) is 8.55. The van der Waals surface area contributed by atoms with E-state index < -0.39 is 0 Å². The average molecular weight is 162 g/mol. The molecule has 2 unspecified atom stereocenters. The first-order valence-electron chi connectivity index (χ1n) is 4.44. The molecule has 4 atom stereocenters. The molecule has 0 N–H and O–H groups in total. The summed E-state index contributed by atoms with van der Waals surface area (Å²) in [7, 11) is 0. The van der Waals surface area contributed by atoms with E-state index in [0.29, 0.717) is 24.0 Å². The van der Waals surface area contributed by atoms with Crippen LogP contribution in [-0.2, 0) is 4.74 Å². The van der Waals surface area contributed by atoms with Crippen molar-refractivity contribution in [1.29, 1.82) is 0 Å². The summed E-state index contributed by atoms with van der Waals surface area (Å²) in [4.78, 5) is 0. The van der Waals surface area contributed by atoms with E-state index in [1.165, 1.54) is 0 Å². The molecule has 12 heavy (non-hydrogen) atoms. The van der Waals surface area contributed by atoms with Crippen molar-refractivity contribution in [2.75, 3.05) is 0 Å². The summed E-state index contributed by atoms with van der Waals surface area (Å²) in [6.45, 7) is 7.55. The minimum atomic E-state index is 0.292. The molecule has 2 rings (SSSR count). The van der Waals surface area contributed by atoms with Gasteiger partial charge in [0.05, 0.1) is 6.10 Å². The van der Waals surface area contributed by atoms with Crippen molar-refractivity contribution >= 4 is 0 Å². The number of hydrogen-bond acceptors (Lipinski definition) is 1. The fourth-order valence-electron chi connectivity index (χ4n) is 1.93. The highest BCUT2D eigenvalue weighted by Crippen LogP contribution is 2.40. The van der Waals surface area contributed by atoms with Gasteiger partial charge in [0, 0.05) is 5.92 Å². The minimum absolute atomic E-state index is 0.292. The maximum atomic E-state index is 5.47. The summed E-state index contributed by atoms with van der Waals surface area (Å²) in [5.74, 6) is 1.13. The van der Waals surface area contributed by atoms with Crippen LogP contribution in [0, 0.1) is 11.8 Å². The van der Waals surface area contributed by atoms with E-state index in [-0.39, 0.29) is 0 Å². The molecule has 1 aliphatic carbocycles. The highest BCUT2D eigenvalue weighted by atomic mass is 16.6. The fourth-order valence-corrected chi connectivity index (χ4v) is 1.93. The predicted octanol–water partition coefficient (Wildman–Crippen LogP) is 2.32. The standard InChI is InChI=1S/C11H14O/c1-3-8-6-5-7-9(8)11-10(4-2)12-11/h3-5,7-11H,1-2,6H2/t8-,9+,10?,11?/m0/s1. The third kappa shape index (κ3) is 1.14. The highest BCUT2D eigenvalue weighted by Gasteiger charge is 2.44. The quantitative estimate of drug-likeness (QED) is 0.458. The summed E-state index contributed by atoms with van der Waals surface area (Å²) in [6.07, 6.45) is 10.2. The van der Waals surface area contributed by atoms with E-state index in [1.54, 1.807) is 0 Å². The van der Waals surface area contributed by atoms with E-state index in [9.17, 15) is 0 Å². The lowest BCUT2D eigenvalue weighted by atomic mass is 9.91. The Morgan fingerprint density at radius 2 is 2.17 bits per heavy atom. The second kappa shape index (κ2) is 2.91. The van der Waals surface area contributed by atoms with E-state index >= 15 is 0 Å². The Hall–Kier alpha value is -0.820. The molecule has 0 aromatic rings.